The highest BCUT2D eigenvalue weighted by Gasteiger charge is 2.40. The molecule has 8 nitrogen and oxygen atoms in total. The van der Waals surface area contributed by atoms with Gasteiger partial charge in [-0.05, 0) is 38.8 Å². The highest BCUT2D eigenvalue weighted by atomic mass is 32.2. The van der Waals surface area contributed by atoms with Crippen LogP contribution in [0.15, 0.2) is 34.1 Å². The minimum atomic E-state index is -4.71. The molecular formula is C23H24F3N5O3S. The molecule has 186 valence electrons. The van der Waals surface area contributed by atoms with Crippen LogP contribution in [0.4, 0.5) is 13.2 Å². The number of fused-ring (bicyclic) bond motifs is 1. The first-order valence-corrected chi connectivity index (χ1v) is 12.6. The zero-order valence-corrected chi connectivity index (χ0v) is 20.4. The van der Waals surface area contributed by atoms with Gasteiger partial charge in [-0.2, -0.15) is 18.4 Å². The molecule has 1 aliphatic rings. The van der Waals surface area contributed by atoms with E-state index < -0.39 is 38.8 Å². The van der Waals surface area contributed by atoms with E-state index in [1.807, 2.05) is 6.07 Å². The molecule has 12 heteroatoms. The summed E-state index contributed by atoms with van der Waals surface area (Å²) >= 11 is 0. The van der Waals surface area contributed by atoms with Crippen LogP contribution in [-0.4, -0.2) is 29.7 Å². The fraction of sp³-hybridized carbons (Fsp3) is 0.435. The number of nitriles is 1. The number of nitrogens with one attached hydrogen (secondary N) is 1. The standard InChI is InChI=1S/C23H24F3N5O3S/c1-5-35(28,33)17-10-15(34-22(2,3)12-27)11-29-19(17)16-8-13-9-18(23(24,25)26)31(14-6-7-14)21(32)20(13)30(16)4/h8-11,14,28H,5-7H2,1-4H3/t35-/m0/s1. The Morgan fingerprint density at radius 1 is 1.29 bits per heavy atom. The zero-order chi connectivity index (χ0) is 25.9. The molecule has 0 amide bonds. The fourth-order valence-electron chi connectivity index (χ4n) is 3.98. The van der Waals surface area contributed by atoms with Crippen molar-refractivity contribution in [3.63, 3.8) is 0 Å². The molecule has 1 fully saturated rings. The molecule has 0 saturated heterocycles. The van der Waals surface area contributed by atoms with Gasteiger partial charge in [0.2, 0.25) is 0 Å². The lowest BCUT2D eigenvalue weighted by Gasteiger charge is -2.20. The number of hydrogen-bond acceptors (Lipinski definition) is 6. The molecule has 1 aliphatic carbocycles. The van der Waals surface area contributed by atoms with Crippen molar-refractivity contribution < 1.29 is 22.1 Å². The number of alkyl halides is 3. The summed E-state index contributed by atoms with van der Waals surface area (Å²) in [4.78, 5) is 17.5. The number of rotatable bonds is 6. The molecule has 0 unspecified atom stereocenters. The van der Waals surface area contributed by atoms with Gasteiger partial charge in [0.1, 0.15) is 28.7 Å². The van der Waals surface area contributed by atoms with Gasteiger partial charge in [-0.3, -0.25) is 9.36 Å². The molecule has 0 aliphatic heterocycles. The van der Waals surface area contributed by atoms with Crippen molar-refractivity contribution >= 4 is 20.6 Å². The van der Waals surface area contributed by atoms with Crippen LogP contribution in [0.25, 0.3) is 22.3 Å². The van der Waals surface area contributed by atoms with Crippen LogP contribution in [0.5, 0.6) is 5.75 Å². The number of hydrogen-bond donors (Lipinski definition) is 1. The minimum absolute atomic E-state index is 0.00992. The van der Waals surface area contributed by atoms with E-state index in [2.05, 4.69) is 4.98 Å². The van der Waals surface area contributed by atoms with E-state index in [0.717, 1.165) is 10.6 Å². The number of ether oxygens (including phenoxy) is 1. The van der Waals surface area contributed by atoms with Crippen LogP contribution < -0.4 is 10.3 Å². The summed E-state index contributed by atoms with van der Waals surface area (Å²) in [5, 5.41) is 9.32. The van der Waals surface area contributed by atoms with Gasteiger partial charge in [0.25, 0.3) is 5.56 Å². The topological polar surface area (TPSA) is 114 Å². The Morgan fingerprint density at radius 2 is 1.94 bits per heavy atom. The van der Waals surface area contributed by atoms with Gasteiger partial charge in [0.15, 0.2) is 5.60 Å². The van der Waals surface area contributed by atoms with Crippen molar-refractivity contribution in [3.8, 4) is 23.2 Å². The normalized spacial score (nSPS) is 16.2. The molecule has 4 rings (SSSR count). The molecule has 0 aromatic carbocycles. The van der Waals surface area contributed by atoms with Crippen molar-refractivity contribution in [2.24, 2.45) is 7.05 Å². The maximum absolute atomic E-state index is 13.8. The molecule has 1 N–H and O–H groups in total. The summed E-state index contributed by atoms with van der Waals surface area (Å²) < 4.78 is 70.7. The van der Waals surface area contributed by atoms with Gasteiger partial charge in [-0.15, -0.1) is 0 Å². The maximum atomic E-state index is 13.8. The smallest absolute Gasteiger partial charge is 0.431 e. The Kier molecular flexibility index (Phi) is 5.75. The van der Waals surface area contributed by atoms with E-state index in [1.54, 1.807) is 6.92 Å². The van der Waals surface area contributed by atoms with Crippen LogP contribution in [0.2, 0.25) is 0 Å². The van der Waals surface area contributed by atoms with Crippen molar-refractivity contribution in [1.82, 2.24) is 14.1 Å². The highest BCUT2D eigenvalue weighted by molar-refractivity contribution is 7.92. The van der Waals surface area contributed by atoms with E-state index in [1.165, 1.54) is 43.8 Å². The highest BCUT2D eigenvalue weighted by Crippen LogP contribution is 2.41. The van der Waals surface area contributed by atoms with E-state index in [4.69, 9.17) is 9.52 Å². The molecule has 3 heterocycles. The molecule has 1 atom stereocenters. The lowest BCUT2D eigenvalue weighted by atomic mass is 10.2. The number of pyridine rings is 2. The molecule has 35 heavy (non-hydrogen) atoms. The van der Waals surface area contributed by atoms with Gasteiger partial charge in [-0.25, -0.2) is 14.0 Å². The fourth-order valence-corrected chi connectivity index (χ4v) is 5.07. The third-order valence-corrected chi connectivity index (χ3v) is 7.75. The first kappa shape index (κ1) is 24.8. The zero-order valence-electron chi connectivity index (χ0n) is 19.6. The Balaban J connectivity index is 1.99. The molecule has 3 aromatic rings. The predicted molar refractivity (Wildman–Crippen MR) is 124 cm³/mol. The van der Waals surface area contributed by atoms with Crippen molar-refractivity contribution in [2.45, 2.75) is 56.3 Å². The molecule has 3 aromatic heterocycles. The van der Waals surface area contributed by atoms with E-state index in [-0.39, 0.29) is 38.7 Å². The average Bonchev–Trinajstić information content (AvgIpc) is 3.55. The quantitative estimate of drug-likeness (QED) is 0.512. The van der Waals surface area contributed by atoms with Crippen LogP contribution in [0.3, 0.4) is 0 Å². The second-order valence-electron chi connectivity index (χ2n) is 9.03. The van der Waals surface area contributed by atoms with Crippen LogP contribution in [-0.2, 0) is 23.0 Å². The van der Waals surface area contributed by atoms with Crippen molar-refractivity contribution in [2.75, 3.05) is 5.75 Å². The number of halogens is 3. The van der Waals surface area contributed by atoms with Crippen LogP contribution >= 0.6 is 0 Å². The van der Waals surface area contributed by atoms with Crippen LogP contribution in [0, 0.1) is 16.1 Å². The summed E-state index contributed by atoms with van der Waals surface area (Å²) in [6.07, 6.45) is -2.42. The van der Waals surface area contributed by atoms with E-state index >= 15 is 0 Å². The Hall–Kier alpha value is -3.33. The first-order valence-electron chi connectivity index (χ1n) is 10.9. The number of aryl methyl sites for hydroxylation is 1. The van der Waals surface area contributed by atoms with Crippen molar-refractivity contribution in [1.29, 1.82) is 10.0 Å². The monoisotopic (exact) mass is 507 g/mol. The Bertz CT molecular complexity index is 1540. The van der Waals surface area contributed by atoms with E-state index in [9.17, 15) is 27.4 Å². The van der Waals surface area contributed by atoms with Gasteiger partial charge in [0.05, 0.1) is 26.5 Å². The lowest BCUT2D eigenvalue weighted by molar-refractivity contribution is -0.144. The van der Waals surface area contributed by atoms with Gasteiger partial charge < -0.3 is 9.30 Å². The Morgan fingerprint density at radius 3 is 2.49 bits per heavy atom. The third-order valence-electron chi connectivity index (χ3n) is 5.91. The van der Waals surface area contributed by atoms with Crippen LogP contribution in [0.1, 0.15) is 45.3 Å². The predicted octanol–water partition coefficient (Wildman–Crippen LogP) is 4.86. The molecule has 1 saturated carbocycles. The largest absolute Gasteiger partial charge is 0.471 e. The number of aromatic nitrogens is 3. The van der Waals surface area contributed by atoms with Gasteiger partial charge in [-0.1, -0.05) is 6.92 Å². The number of nitrogens with zero attached hydrogens (tertiary/aromatic N) is 4. The summed E-state index contributed by atoms with van der Waals surface area (Å²) in [6.45, 7) is 4.63. The lowest BCUT2D eigenvalue weighted by Crippen LogP contribution is -2.28. The third kappa shape index (κ3) is 4.40. The molecule has 0 radical (unpaired) electrons. The second kappa shape index (κ2) is 8.12. The summed E-state index contributed by atoms with van der Waals surface area (Å²) in [7, 11) is -1.85. The minimum Gasteiger partial charge on any atom is -0.471 e. The molecule has 0 bridgehead atoms. The van der Waals surface area contributed by atoms with Gasteiger partial charge >= 0.3 is 6.18 Å². The van der Waals surface area contributed by atoms with Gasteiger partial charge in [0, 0.05) is 30.3 Å². The molecule has 0 spiro atoms. The maximum Gasteiger partial charge on any atom is 0.431 e. The summed E-state index contributed by atoms with van der Waals surface area (Å²) in [6, 6.07) is 5.18. The second-order valence-corrected chi connectivity index (χ2v) is 11.4. The first-order chi connectivity index (χ1) is 16.2. The van der Waals surface area contributed by atoms with Crippen molar-refractivity contribution in [3.05, 3.63) is 40.4 Å². The summed E-state index contributed by atoms with van der Waals surface area (Å²) in [5.41, 5.74) is -2.58. The molecular weight excluding hydrogens is 483 g/mol. The summed E-state index contributed by atoms with van der Waals surface area (Å²) in [5.74, 6) is 0.0709. The van der Waals surface area contributed by atoms with E-state index in [0.29, 0.717) is 12.8 Å². The average molecular weight is 508 g/mol. The SMILES string of the molecule is CC[S@](=N)(=O)c1cc(OC(C)(C)C#N)cnc1-c1cc2cc(C(F)(F)F)n(C3CC3)c(=O)c2n1C. The Labute approximate surface area is 199 Å².